The molecule has 5 nitrogen and oxygen atoms in total. The average Bonchev–Trinajstić information content (AvgIpc) is 3.18. The van der Waals surface area contributed by atoms with Crippen LogP contribution in [0.5, 0.6) is 5.75 Å². The van der Waals surface area contributed by atoms with E-state index >= 15 is 0 Å². The van der Waals surface area contributed by atoms with Crippen LogP contribution >= 0.6 is 11.3 Å². The molecular formula is C21H22N4OS. The van der Waals surface area contributed by atoms with Gasteiger partial charge in [-0.2, -0.15) is 0 Å². The Hall–Kier alpha value is -2.86. The van der Waals surface area contributed by atoms with Crippen LogP contribution in [-0.4, -0.2) is 24.1 Å². The first kappa shape index (κ1) is 17.5. The molecule has 1 atom stereocenters. The Bertz CT molecular complexity index is 923. The van der Waals surface area contributed by atoms with Gasteiger partial charge < -0.3 is 15.8 Å². The zero-order valence-electron chi connectivity index (χ0n) is 15.0. The number of benzene rings is 2. The van der Waals surface area contributed by atoms with Gasteiger partial charge in [-0.15, -0.1) is 11.3 Å². The Morgan fingerprint density at radius 2 is 2.00 bits per heavy atom. The highest BCUT2D eigenvalue weighted by molar-refractivity contribution is 7.13. The molecule has 0 saturated carbocycles. The second-order valence-electron chi connectivity index (χ2n) is 6.40. The lowest BCUT2D eigenvalue weighted by Gasteiger charge is -2.26. The molecular weight excluding hydrogens is 356 g/mol. The Labute approximate surface area is 162 Å². The number of nitrogens with one attached hydrogen (secondary N) is 1. The van der Waals surface area contributed by atoms with E-state index in [2.05, 4.69) is 33.9 Å². The summed E-state index contributed by atoms with van der Waals surface area (Å²) in [6.45, 7) is 1.30. The van der Waals surface area contributed by atoms with E-state index in [1.54, 1.807) is 11.3 Å². The van der Waals surface area contributed by atoms with E-state index in [1.807, 2.05) is 36.4 Å². The third kappa shape index (κ3) is 4.28. The molecule has 0 spiro atoms. The molecule has 27 heavy (non-hydrogen) atoms. The van der Waals surface area contributed by atoms with Gasteiger partial charge in [0, 0.05) is 35.9 Å². The molecule has 0 radical (unpaired) electrons. The number of thiazole rings is 1. The van der Waals surface area contributed by atoms with E-state index in [0.29, 0.717) is 19.1 Å². The second kappa shape index (κ2) is 8.22. The number of ether oxygens (including phenoxy) is 1. The number of rotatable bonds is 5. The Kier molecular flexibility index (Phi) is 5.34. The van der Waals surface area contributed by atoms with Crippen molar-refractivity contribution in [2.45, 2.75) is 18.9 Å². The summed E-state index contributed by atoms with van der Waals surface area (Å²) in [6, 6.07) is 18.4. The number of aromatic nitrogens is 1. The van der Waals surface area contributed by atoms with Crippen LogP contribution in [0.3, 0.4) is 0 Å². The van der Waals surface area contributed by atoms with Crippen molar-refractivity contribution in [1.82, 2.24) is 10.3 Å². The van der Waals surface area contributed by atoms with Gasteiger partial charge in [-0.05, 0) is 6.07 Å². The van der Waals surface area contributed by atoms with E-state index in [9.17, 15) is 0 Å². The van der Waals surface area contributed by atoms with Crippen molar-refractivity contribution in [2.24, 2.45) is 10.7 Å². The van der Waals surface area contributed by atoms with Crippen molar-refractivity contribution in [3.63, 3.8) is 0 Å². The highest BCUT2D eigenvalue weighted by atomic mass is 32.1. The molecule has 0 fully saturated rings. The fraction of sp³-hybridized carbons (Fsp3) is 0.238. The second-order valence-corrected chi connectivity index (χ2v) is 7.26. The van der Waals surface area contributed by atoms with E-state index in [0.717, 1.165) is 40.4 Å². The van der Waals surface area contributed by atoms with Crippen LogP contribution in [0, 0.1) is 0 Å². The van der Waals surface area contributed by atoms with Gasteiger partial charge in [0.1, 0.15) is 10.8 Å². The quantitative estimate of drug-likeness (QED) is 0.523. The van der Waals surface area contributed by atoms with Crippen LogP contribution in [0.1, 0.15) is 23.7 Å². The molecule has 1 aromatic heterocycles. The summed E-state index contributed by atoms with van der Waals surface area (Å²) < 4.78 is 5.69. The summed E-state index contributed by atoms with van der Waals surface area (Å²) in [5.41, 5.74) is 9.43. The molecule has 3 aromatic rings. The summed E-state index contributed by atoms with van der Waals surface area (Å²) >= 11 is 1.66. The SMILES string of the molecule is NC(=NCCc1csc(-c2ccccc2)n1)NC1CCOc2ccccc21. The molecule has 138 valence electrons. The van der Waals surface area contributed by atoms with Gasteiger partial charge in [-0.3, -0.25) is 4.99 Å². The van der Waals surface area contributed by atoms with E-state index in [1.165, 1.54) is 0 Å². The standard InChI is InChI=1S/C21H22N4OS/c22-21(25-18-11-13-26-19-9-5-4-8-17(18)19)23-12-10-16-14-27-20(24-16)15-6-2-1-3-7-15/h1-9,14,18H,10-13H2,(H3,22,23,25). The van der Waals surface area contributed by atoms with E-state index in [4.69, 9.17) is 15.5 Å². The maximum Gasteiger partial charge on any atom is 0.189 e. The van der Waals surface area contributed by atoms with Crippen LogP contribution in [0.25, 0.3) is 10.6 Å². The van der Waals surface area contributed by atoms with Gasteiger partial charge in [-0.1, -0.05) is 48.5 Å². The largest absolute Gasteiger partial charge is 0.493 e. The van der Waals surface area contributed by atoms with Crippen LogP contribution in [0.4, 0.5) is 0 Å². The maximum absolute atomic E-state index is 6.10. The van der Waals surface area contributed by atoms with Crippen molar-refractivity contribution in [2.75, 3.05) is 13.2 Å². The predicted molar refractivity (Wildman–Crippen MR) is 110 cm³/mol. The molecule has 4 rings (SSSR count). The molecule has 1 aliphatic rings. The summed E-state index contributed by atoms with van der Waals surface area (Å²) in [4.78, 5) is 9.17. The number of hydrogen-bond donors (Lipinski definition) is 2. The van der Waals surface area contributed by atoms with Crippen molar-refractivity contribution < 1.29 is 4.74 Å². The van der Waals surface area contributed by atoms with Gasteiger partial charge >= 0.3 is 0 Å². The van der Waals surface area contributed by atoms with E-state index < -0.39 is 0 Å². The van der Waals surface area contributed by atoms with Gasteiger partial charge in [0.25, 0.3) is 0 Å². The van der Waals surface area contributed by atoms with Crippen LogP contribution < -0.4 is 15.8 Å². The molecule has 2 aromatic carbocycles. The number of hydrogen-bond acceptors (Lipinski definition) is 4. The third-order valence-corrected chi connectivity index (χ3v) is 5.44. The number of fused-ring (bicyclic) bond motifs is 1. The molecule has 0 saturated heterocycles. The fourth-order valence-corrected chi connectivity index (χ4v) is 4.00. The molecule has 6 heteroatoms. The van der Waals surface area contributed by atoms with Crippen molar-refractivity contribution >= 4 is 17.3 Å². The minimum atomic E-state index is 0.141. The summed E-state index contributed by atoms with van der Waals surface area (Å²) in [5.74, 6) is 1.39. The Balaban J connectivity index is 1.34. The number of para-hydroxylation sites is 1. The monoisotopic (exact) mass is 378 g/mol. The van der Waals surface area contributed by atoms with Crippen molar-refractivity contribution in [3.8, 4) is 16.3 Å². The summed E-state index contributed by atoms with van der Waals surface area (Å²) in [5, 5.41) is 6.46. The highest BCUT2D eigenvalue weighted by Gasteiger charge is 2.21. The van der Waals surface area contributed by atoms with Crippen molar-refractivity contribution in [3.05, 3.63) is 71.2 Å². The zero-order valence-corrected chi connectivity index (χ0v) is 15.8. The lowest BCUT2D eigenvalue weighted by molar-refractivity contribution is 0.262. The molecule has 2 heterocycles. The van der Waals surface area contributed by atoms with Gasteiger partial charge in [-0.25, -0.2) is 4.98 Å². The van der Waals surface area contributed by atoms with Crippen LogP contribution in [0.2, 0.25) is 0 Å². The topological polar surface area (TPSA) is 72.5 Å². The van der Waals surface area contributed by atoms with Gasteiger partial charge in [0.05, 0.1) is 18.3 Å². The minimum absolute atomic E-state index is 0.141. The lowest BCUT2D eigenvalue weighted by Crippen LogP contribution is -2.37. The first-order valence-corrected chi connectivity index (χ1v) is 9.95. The van der Waals surface area contributed by atoms with Crippen LogP contribution in [0.15, 0.2) is 65.0 Å². The Morgan fingerprint density at radius 3 is 2.89 bits per heavy atom. The summed E-state index contributed by atoms with van der Waals surface area (Å²) in [6.07, 6.45) is 1.65. The van der Waals surface area contributed by atoms with Crippen molar-refractivity contribution in [1.29, 1.82) is 0 Å². The fourth-order valence-electron chi connectivity index (χ4n) is 3.14. The van der Waals surface area contributed by atoms with E-state index in [-0.39, 0.29) is 6.04 Å². The number of nitrogens with two attached hydrogens (primary N) is 1. The highest BCUT2D eigenvalue weighted by Crippen LogP contribution is 2.31. The van der Waals surface area contributed by atoms with Crippen LogP contribution in [-0.2, 0) is 6.42 Å². The predicted octanol–water partition coefficient (Wildman–Crippen LogP) is 3.78. The minimum Gasteiger partial charge on any atom is -0.493 e. The normalized spacial score (nSPS) is 16.4. The zero-order chi connectivity index (χ0) is 18.5. The lowest BCUT2D eigenvalue weighted by atomic mass is 10.0. The smallest absolute Gasteiger partial charge is 0.189 e. The summed E-state index contributed by atoms with van der Waals surface area (Å²) in [7, 11) is 0. The first-order valence-electron chi connectivity index (χ1n) is 9.07. The average molecular weight is 379 g/mol. The molecule has 0 bridgehead atoms. The molecule has 0 amide bonds. The van der Waals surface area contributed by atoms with Gasteiger partial charge in [0.2, 0.25) is 0 Å². The van der Waals surface area contributed by atoms with Gasteiger partial charge in [0.15, 0.2) is 5.96 Å². The molecule has 0 aliphatic carbocycles. The molecule has 1 unspecified atom stereocenters. The first-order chi connectivity index (χ1) is 13.3. The number of aliphatic imine (C=N–C) groups is 1. The molecule has 3 N–H and O–H groups in total. The maximum atomic E-state index is 6.10. The number of guanidine groups is 1. The molecule has 1 aliphatic heterocycles. The number of nitrogens with zero attached hydrogens (tertiary/aromatic N) is 2. The Morgan fingerprint density at radius 1 is 1.19 bits per heavy atom. The third-order valence-electron chi connectivity index (χ3n) is 4.50.